The van der Waals surface area contributed by atoms with Crippen molar-refractivity contribution in [3.63, 3.8) is 0 Å². The standard InChI is InChI=1S/C11H13N3O4/c15-7-6-13(10(18)12-7)14-8(16)4-11(2-1-3-11)5-9(14)17/h1-6H2,(H,12,15,18). The van der Waals surface area contributed by atoms with Gasteiger partial charge in [-0.15, -0.1) is 0 Å². The van der Waals surface area contributed by atoms with Gasteiger partial charge in [0.1, 0.15) is 6.54 Å². The molecule has 7 heteroatoms. The smallest absolute Gasteiger partial charge is 0.275 e. The number of nitrogens with one attached hydrogen (secondary N) is 1. The molecule has 1 spiro atoms. The highest BCUT2D eigenvalue weighted by Gasteiger charge is 2.50. The topological polar surface area (TPSA) is 86.8 Å². The van der Waals surface area contributed by atoms with Gasteiger partial charge in [0.15, 0.2) is 0 Å². The molecule has 2 saturated heterocycles. The molecule has 1 N–H and O–H groups in total. The molecule has 0 bridgehead atoms. The zero-order valence-corrected chi connectivity index (χ0v) is 9.77. The predicted octanol–water partition coefficient (Wildman–Crippen LogP) is -0.227. The van der Waals surface area contributed by atoms with E-state index in [9.17, 15) is 19.2 Å². The molecule has 0 aromatic heterocycles. The predicted molar refractivity (Wildman–Crippen MR) is 57.6 cm³/mol. The Hall–Kier alpha value is -1.92. The molecule has 1 aliphatic carbocycles. The van der Waals surface area contributed by atoms with E-state index >= 15 is 0 Å². The van der Waals surface area contributed by atoms with Crippen LogP contribution in [0.1, 0.15) is 32.1 Å². The minimum Gasteiger partial charge on any atom is -0.275 e. The van der Waals surface area contributed by atoms with Crippen LogP contribution < -0.4 is 5.32 Å². The van der Waals surface area contributed by atoms with E-state index in [4.69, 9.17) is 0 Å². The van der Waals surface area contributed by atoms with Gasteiger partial charge in [0, 0.05) is 12.8 Å². The van der Waals surface area contributed by atoms with Crippen molar-refractivity contribution < 1.29 is 19.2 Å². The molecule has 3 fully saturated rings. The Labute approximate surface area is 103 Å². The lowest BCUT2D eigenvalue weighted by molar-refractivity contribution is -0.171. The zero-order valence-electron chi connectivity index (χ0n) is 9.77. The highest BCUT2D eigenvalue weighted by Crippen LogP contribution is 2.49. The van der Waals surface area contributed by atoms with Gasteiger partial charge in [0.2, 0.25) is 17.7 Å². The van der Waals surface area contributed by atoms with Crippen molar-refractivity contribution in [2.45, 2.75) is 32.1 Å². The molecule has 3 rings (SSSR count). The van der Waals surface area contributed by atoms with Gasteiger partial charge >= 0.3 is 6.03 Å². The van der Waals surface area contributed by atoms with Crippen LogP contribution in [0.3, 0.4) is 0 Å². The van der Waals surface area contributed by atoms with Gasteiger partial charge in [-0.1, -0.05) is 6.42 Å². The molecule has 5 amide bonds. The number of piperidine rings is 1. The van der Waals surface area contributed by atoms with E-state index in [0.717, 1.165) is 29.3 Å². The summed E-state index contributed by atoms with van der Waals surface area (Å²) < 4.78 is 0. The first-order valence-corrected chi connectivity index (χ1v) is 5.98. The lowest BCUT2D eigenvalue weighted by Crippen LogP contribution is -2.58. The number of amides is 5. The summed E-state index contributed by atoms with van der Waals surface area (Å²) in [7, 11) is 0. The van der Waals surface area contributed by atoms with Crippen molar-refractivity contribution in [1.29, 1.82) is 0 Å². The first-order valence-electron chi connectivity index (χ1n) is 5.98. The molecule has 0 aromatic carbocycles. The number of carbonyl (C=O) groups is 4. The molecule has 96 valence electrons. The fourth-order valence-corrected chi connectivity index (χ4v) is 2.89. The number of imide groups is 2. The third-order valence-corrected chi connectivity index (χ3v) is 3.95. The second kappa shape index (κ2) is 3.54. The molecule has 0 aromatic rings. The SMILES string of the molecule is O=C1CN(N2C(=O)CC3(CCC3)CC2=O)C(=O)N1. The Balaban J connectivity index is 1.81. The Morgan fingerprint density at radius 1 is 1.00 bits per heavy atom. The van der Waals surface area contributed by atoms with Gasteiger partial charge in [0.25, 0.3) is 0 Å². The molecule has 18 heavy (non-hydrogen) atoms. The van der Waals surface area contributed by atoms with E-state index in [1.54, 1.807) is 0 Å². The van der Waals surface area contributed by atoms with Gasteiger partial charge in [-0.3, -0.25) is 19.7 Å². The molecule has 2 aliphatic heterocycles. The van der Waals surface area contributed by atoms with Crippen molar-refractivity contribution in [1.82, 2.24) is 15.3 Å². The van der Waals surface area contributed by atoms with Crippen molar-refractivity contribution in [3.8, 4) is 0 Å². The number of rotatable bonds is 1. The summed E-state index contributed by atoms with van der Waals surface area (Å²) in [4.78, 5) is 46.6. The first kappa shape index (κ1) is 11.2. The maximum atomic E-state index is 12.0. The highest BCUT2D eigenvalue weighted by molar-refractivity contribution is 6.06. The number of hydrazine groups is 1. The molecular formula is C11H13N3O4. The van der Waals surface area contributed by atoms with Crippen LogP contribution in [-0.4, -0.2) is 40.3 Å². The Morgan fingerprint density at radius 3 is 2.00 bits per heavy atom. The Kier molecular flexibility index (Phi) is 2.20. The minimum absolute atomic E-state index is 0.176. The summed E-state index contributed by atoms with van der Waals surface area (Å²) in [6.07, 6.45) is 3.41. The van der Waals surface area contributed by atoms with Crippen molar-refractivity contribution >= 4 is 23.8 Å². The minimum atomic E-state index is -0.703. The quantitative estimate of drug-likeness (QED) is 0.515. The summed E-state index contributed by atoms with van der Waals surface area (Å²) >= 11 is 0. The van der Waals surface area contributed by atoms with Gasteiger partial charge in [0.05, 0.1) is 0 Å². The molecule has 0 unspecified atom stereocenters. The van der Waals surface area contributed by atoms with Crippen molar-refractivity contribution in [3.05, 3.63) is 0 Å². The van der Waals surface area contributed by atoms with Crippen LogP contribution >= 0.6 is 0 Å². The number of hydrogen-bond donors (Lipinski definition) is 1. The third-order valence-electron chi connectivity index (χ3n) is 3.95. The van der Waals surface area contributed by atoms with Crippen LogP contribution in [0.5, 0.6) is 0 Å². The summed E-state index contributed by atoms with van der Waals surface area (Å²) in [5.41, 5.74) is -0.176. The summed E-state index contributed by atoms with van der Waals surface area (Å²) in [5, 5.41) is 3.79. The molecule has 7 nitrogen and oxygen atoms in total. The van der Waals surface area contributed by atoms with Crippen LogP contribution in [0.4, 0.5) is 4.79 Å². The monoisotopic (exact) mass is 251 g/mol. The average molecular weight is 251 g/mol. The van der Waals surface area contributed by atoms with E-state index in [1.807, 2.05) is 0 Å². The van der Waals surface area contributed by atoms with Crippen LogP contribution in [0.2, 0.25) is 0 Å². The van der Waals surface area contributed by atoms with Crippen LogP contribution in [-0.2, 0) is 14.4 Å². The van der Waals surface area contributed by atoms with E-state index in [-0.39, 0.29) is 36.6 Å². The fraction of sp³-hybridized carbons (Fsp3) is 0.636. The van der Waals surface area contributed by atoms with Gasteiger partial charge in [-0.25, -0.2) is 9.80 Å². The van der Waals surface area contributed by atoms with E-state index < -0.39 is 11.9 Å². The highest BCUT2D eigenvalue weighted by atomic mass is 16.2. The molecule has 3 aliphatic rings. The second-order valence-electron chi connectivity index (χ2n) is 5.22. The van der Waals surface area contributed by atoms with Gasteiger partial charge in [-0.2, -0.15) is 5.01 Å². The Bertz CT molecular complexity index is 449. The summed E-state index contributed by atoms with van der Waals surface area (Å²) in [6.45, 7) is -0.261. The third kappa shape index (κ3) is 1.50. The second-order valence-corrected chi connectivity index (χ2v) is 5.22. The van der Waals surface area contributed by atoms with Gasteiger partial charge < -0.3 is 0 Å². The van der Waals surface area contributed by atoms with E-state index in [2.05, 4.69) is 5.32 Å². The van der Waals surface area contributed by atoms with Crippen LogP contribution in [0, 0.1) is 5.41 Å². The number of carbonyl (C=O) groups excluding carboxylic acids is 4. The summed E-state index contributed by atoms with van der Waals surface area (Å²) in [5.74, 6) is -1.25. The maximum absolute atomic E-state index is 12.0. The van der Waals surface area contributed by atoms with Gasteiger partial charge in [-0.05, 0) is 18.3 Å². The van der Waals surface area contributed by atoms with E-state index in [1.165, 1.54) is 0 Å². The molecular weight excluding hydrogens is 238 g/mol. The van der Waals surface area contributed by atoms with Crippen LogP contribution in [0.25, 0.3) is 0 Å². The normalized spacial score (nSPS) is 26.7. The lowest BCUT2D eigenvalue weighted by Gasteiger charge is -2.46. The molecule has 1 saturated carbocycles. The zero-order chi connectivity index (χ0) is 12.9. The number of nitrogens with zero attached hydrogens (tertiary/aromatic N) is 2. The largest absolute Gasteiger partial charge is 0.343 e. The first-order chi connectivity index (χ1) is 8.51. The summed E-state index contributed by atoms with van der Waals surface area (Å²) in [6, 6.07) is -0.703. The van der Waals surface area contributed by atoms with E-state index in [0.29, 0.717) is 0 Å². The fourth-order valence-electron chi connectivity index (χ4n) is 2.89. The van der Waals surface area contributed by atoms with Crippen molar-refractivity contribution in [2.24, 2.45) is 5.41 Å². The van der Waals surface area contributed by atoms with Crippen molar-refractivity contribution in [2.75, 3.05) is 6.54 Å². The maximum Gasteiger partial charge on any atom is 0.343 e. The average Bonchev–Trinajstić information content (AvgIpc) is 2.54. The Morgan fingerprint density at radius 2 is 1.61 bits per heavy atom. The molecule has 0 atom stereocenters. The molecule has 2 heterocycles. The van der Waals surface area contributed by atoms with Crippen LogP contribution in [0.15, 0.2) is 0 Å². The number of urea groups is 1. The molecule has 0 radical (unpaired) electrons. The lowest BCUT2D eigenvalue weighted by atomic mass is 9.63. The number of hydrogen-bond acceptors (Lipinski definition) is 4.